The summed E-state index contributed by atoms with van der Waals surface area (Å²) < 4.78 is 33.0. The summed E-state index contributed by atoms with van der Waals surface area (Å²) in [5.74, 6) is -0.112. The van der Waals surface area contributed by atoms with Gasteiger partial charge >= 0.3 is 0 Å². The molecule has 1 fully saturated rings. The van der Waals surface area contributed by atoms with Gasteiger partial charge in [0.05, 0.1) is 22.6 Å². The lowest BCUT2D eigenvalue weighted by Crippen LogP contribution is -2.46. The second-order valence-corrected chi connectivity index (χ2v) is 9.83. The van der Waals surface area contributed by atoms with Crippen molar-refractivity contribution in [2.24, 2.45) is 0 Å². The van der Waals surface area contributed by atoms with Crippen molar-refractivity contribution in [2.45, 2.75) is 43.7 Å². The summed E-state index contributed by atoms with van der Waals surface area (Å²) in [5, 5.41) is 14.0. The van der Waals surface area contributed by atoms with Gasteiger partial charge in [-0.05, 0) is 57.0 Å². The van der Waals surface area contributed by atoms with E-state index in [4.69, 9.17) is 4.74 Å². The summed E-state index contributed by atoms with van der Waals surface area (Å²) in [4.78, 5) is 25.3. The molecule has 3 rings (SSSR count). The molecular formula is C22H28N4O6S. The lowest BCUT2D eigenvalue weighted by molar-refractivity contribution is -0.384. The van der Waals surface area contributed by atoms with Crippen LogP contribution in [0.15, 0.2) is 47.4 Å². The molecule has 1 aliphatic rings. The zero-order valence-corrected chi connectivity index (χ0v) is 19.6. The number of carbonyl (C=O) groups excluding carboxylic acids is 1. The molecule has 2 aromatic rings. The molecule has 0 atom stereocenters. The summed E-state index contributed by atoms with van der Waals surface area (Å²) in [5.41, 5.74) is 0.0224. The van der Waals surface area contributed by atoms with Gasteiger partial charge in [0.15, 0.2) is 0 Å². The van der Waals surface area contributed by atoms with Crippen LogP contribution in [-0.4, -0.2) is 56.4 Å². The van der Waals surface area contributed by atoms with Crippen molar-refractivity contribution in [1.29, 1.82) is 0 Å². The van der Waals surface area contributed by atoms with E-state index in [0.717, 1.165) is 32.0 Å². The molecule has 0 bridgehead atoms. The van der Waals surface area contributed by atoms with E-state index in [-0.39, 0.29) is 34.0 Å². The first-order chi connectivity index (χ1) is 15.6. The molecule has 1 amide bonds. The van der Waals surface area contributed by atoms with Gasteiger partial charge < -0.3 is 15.0 Å². The number of nitrogens with zero attached hydrogens (tertiary/aromatic N) is 2. The van der Waals surface area contributed by atoms with E-state index in [1.807, 2.05) is 0 Å². The SMILES string of the molecule is COc1ccc([N+](=O)[O-])cc1NS(=O)(=O)c1ccc(C(=O)NC2CCN(C(C)C)CC2)cc1. The molecule has 1 saturated heterocycles. The topological polar surface area (TPSA) is 131 Å². The fraction of sp³-hybridized carbons (Fsp3) is 0.409. The van der Waals surface area contributed by atoms with E-state index < -0.39 is 14.9 Å². The molecule has 33 heavy (non-hydrogen) atoms. The number of rotatable bonds is 8. The van der Waals surface area contributed by atoms with Crippen molar-refractivity contribution in [2.75, 3.05) is 24.9 Å². The maximum Gasteiger partial charge on any atom is 0.271 e. The monoisotopic (exact) mass is 476 g/mol. The van der Waals surface area contributed by atoms with Gasteiger partial charge in [-0.25, -0.2) is 8.42 Å². The van der Waals surface area contributed by atoms with Crippen molar-refractivity contribution >= 4 is 27.3 Å². The first-order valence-corrected chi connectivity index (χ1v) is 12.1. The number of sulfonamides is 1. The zero-order valence-electron chi connectivity index (χ0n) is 18.8. The third kappa shape index (κ3) is 5.99. The number of nitro benzene ring substituents is 1. The quantitative estimate of drug-likeness (QED) is 0.442. The number of methoxy groups -OCH3 is 1. The smallest absolute Gasteiger partial charge is 0.271 e. The summed E-state index contributed by atoms with van der Waals surface area (Å²) in [6.45, 7) is 6.15. The highest BCUT2D eigenvalue weighted by Gasteiger charge is 2.23. The van der Waals surface area contributed by atoms with Gasteiger partial charge in [0.2, 0.25) is 0 Å². The highest BCUT2D eigenvalue weighted by molar-refractivity contribution is 7.92. The molecule has 0 aromatic heterocycles. The molecule has 2 aromatic carbocycles. The van der Waals surface area contributed by atoms with Crippen molar-refractivity contribution in [3.8, 4) is 5.75 Å². The molecule has 10 nitrogen and oxygen atoms in total. The Morgan fingerprint density at radius 3 is 2.33 bits per heavy atom. The number of benzene rings is 2. The summed E-state index contributed by atoms with van der Waals surface area (Å²) in [6.07, 6.45) is 1.73. The van der Waals surface area contributed by atoms with Crippen LogP contribution in [0.2, 0.25) is 0 Å². The van der Waals surface area contributed by atoms with Crippen LogP contribution in [0.5, 0.6) is 5.75 Å². The van der Waals surface area contributed by atoms with Gasteiger partial charge in [0.25, 0.3) is 21.6 Å². The Balaban J connectivity index is 1.68. The molecule has 1 heterocycles. The molecule has 178 valence electrons. The minimum atomic E-state index is -4.06. The summed E-state index contributed by atoms with van der Waals surface area (Å²) in [7, 11) is -2.73. The number of nitro groups is 1. The normalized spacial score (nSPS) is 15.3. The number of anilines is 1. The van der Waals surface area contributed by atoms with E-state index in [1.54, 1.807) is 0 Å². The van der Waals surface area contributed by atoms with Crippen LogP contribution in [-0.2, 0) is 10.0 Å². The Bertz CT molecular complexity index is 1110. The third-order valence-corrected chi connectivity index (χ3v) is 7.04. The molecule has 0 radical (unpaired) electrons. The first-order valence-electron chi connectivity index (χ1n) is 10.6. The average Bonchev–Trinajstić information content (AvgIpc) is 2.79. The lowest BCUT2D eigenvalue weighted by Gasteiger charge is -2.34. The zero-order chi connectivity index (χ0) is 24.2. The van der Waals surface area contributed by atoms with Gasteiger partial charge in [0.1, 0.15) is 5.75 Å². The summed E-state index contributed by atoms with van der Waals surface area (Å²) in [6, 6.07) is 9.71. The van der Waals surface area contributed by atoms with Gasteiger partial charge in [0, 0.05) is 42.9 Å². The van der Waals surface area contributed by atoms with Crippen molar-refractivity contribution < 1.29 is 22.9 Å². The lowest BCUT2D eigenvalue weighted by atomic mass is 10.0. The molecule has 1 aliphatic heterocycles. The number of non-ortho nitro benzene ring substituents is 1. The minimum absolute atomic E-state index is 0.0544. The molecule has 2 N–H and O–H groups in total. The second kappa shape index (κ2) is 10.2. The van der Waals surface area contributed by atoms with Gasteiger partial charge in [-0.3, -0.25) is 19.6 Å². The number of nitrogens with one attached hydrogen (secondary N) is 2. The third-order valence-electron chi connectivity index (χ3n) is 5.66. The maximum atomic E-state index is 12.8. The number of likely N-dealkylation sites (tertiary alicyclic amines) is 1. The predicted molar refractivity (Wildman–Crippen MR) is 124 cm³/mol. The Labute approximate surface area is 193 Å². The van der Waals surface area contributed by atoms with Crippen LogP contribution in [0, 0.1) is 10.1 Å². The van der Waals surface area contributed by atoms with Crippen molar-refractivity contribution in [3.05, 3.63) is 58.1 Å². The molecule has 0 spiro atoms. The standard InChI is InChI=1S/C22H28N4O6S/c1-15(2)25-12-10-17(11-13-25)23-22(27)16-4-7-19(8-5-16)33(30,31)24-20-14-18(26(28)29)6-9-21(20)32-3/h4-9,14-15,17,24H,10-13H2,1-3H3,(H,23,27). The number of ether oxygens (including phenoxy) is 1. The van der Waals surface area contributed by atoms with E-state index >= 15 is 0 Å². The Kier molecular flexibility index (Phi) is 7.54. The molecular weight excluding hydrogens is 448 g/mol. The minimum Gasteiger partial charge on any atom is -0.495 e. The van der Waals surface area contributed by atoms with Gasteiger partial charge in [-0.15, -0.1) is 0 Å². The van der Waals surface area contributed by atoms with E-state index in [0.29, 0.717) is 11.6 Å². The number of piperidine rings is 1. The molecule has 0 saturated carbocycles. The fourth-order valence-electron chi connectivity index (χ4n) is 3.71. The number of amides is 1. The average molecular weight is 477 g/mol. The van der Waals surface area contributed by atoms with Crippen molar-refractivity contribution in [1.82, 2.24) is 10.2 Å². The van der Waals surface area contributed by atoms with Crippen LogP contribution in [0.25, 0.3) is 0 Å². The van der Waals surface area contributed by atoms with Crippen LogP contribution in [0.3, 0.4) is 0 Å². The van der Waals surface area contributed by atoms with Gasteiger partial charge in [-0.1, -0.05) is 0 Å². The Morgan fingerprint density at radius 2 is 1.79 bits per heavy atom. The van der Waals surface area contributed by atoms with E-state index in [2.05, 4.69) is 28.8 Å². The number of hydrogen-bond acceptors (Lipinski definition) is 7. The van der Waals surface area contributed by atoms with Crippen LogP contribution < -0.4 is 14.8 Å². The first kappa shape index (κ1) is 24.5. The van der Waals surface area contributed by atoms with Crippen LogP contribution in [0.4, 0.5) is 11.4 Å². The van der Waals surface area contributed by atoms with E-state index in [9.17, 15) is 23.3 Å². The Morgan fingerprint density at radius 1 is 1.15 bits per heavy atom. The number of hydrogen-bond donors (Lipinski definition) is 2. The van der Waals surface area contributed by atoms with Crippen LogP contribution >= 0.6 is 0 Å². The van der Waals surface area contributed by atoms with Crippen LogP contribution in [0.1, 0.15) is 37.0 Å². The highest BCUT2D eigenvalue weighted by atomic mass is 32.2. The molecule has 0 aliphatic carbocycles. The second-order valence-electron chi connectivity index (χ2n) is 8.15. The van der Waals surface area contributed by atoms with Gasteiger partial charge in [-0.2, -0.15) is 0 Å². The maximum absolute atomic E-state index is 12.8. The predicted octanol–water partition coefficient (Wildman–Crippen LogP) is 3.01. The summed E-state index contributed by atoms with van der Waals surface area (Å²) >= 11 is 0. The largest absolute Gasteiger partial charge is 0.495 e. The fourth-order valence-corrected chi connectivity index (χ4v) is 4.77. The molecule has 0 unspecified atom stereocenters. The molecule has 11 heteroatoms. The van der Waals surface area contributed by atoms with Crippen molar-refractivity contribution in [3.63, 3.8) is 0 Å². The highest BCUT2D eigenvalue weighted by Crippen LogP contribution is 2.31. The van der Waals surface area contributed by atoms with E-state index in [1.165, 1.54) is 43.5 Å². The number of carbonyl (C=O) groups is 1. The Hall–Kier alpha value is -3.18.